The van der Waals surface area contributed by atoms with Crippen LogP contribution >= 0.6 is 12.2 Å². The molecule has 0 unspecified atom stereocenters. The maximum Gasteiger partial charge on any atom is 0.416 e. The van der Waals surface area contributed by atoms with Gasteiger partial charge in [-0.3, -0.25) is 5.43 Å². The van der Waals surface area contributed by atoms with Gasteiger partial charge in [0.1, 0.15) is 0 Å². The van der Waals surface area contributed by atoms with Gasteiger partial charge in [-0.2, -0.15) is 23.5 Å². The number of anilines is 1. The number of thiocarbonyl (C=S) groups is 1. The first-order valence-corrected chi connectivity index (χ1v) is 7.07. The van der Waals surface area contributed by atoms with Crippen molar-refractivity contribution in [3.63, 3.8) is 0 Å². The molecular formula is C16H11F3N4S. The van der Waals surface area contributed by atoms with E-state index in [4.69, 9.17) is 17.5 Å². The van der Waals surface area contributed by atoms with Crippen LogP contribution in [0.25, 0.3) is 0 Å². The monoisotopic (exact) mass is 348 g/mol. The SMILES string of the molecule is N#Cc1ccc(/C=N\NC(=S)Nc2cccc(C(F)(F)F)c2)cc1. The van der Waals surface area contributed by atoms with Gasteiger partial charge in [-0.15, -0.1) is 0 Å². The van der Waals surface area contributed by atoms with E-state index in [9.17, 15) is 13.2 Å². The highest BCUT2D eigenvalue weighted by Gasteiger charge is 2.30. The zero-order valence-electron chi connectivity index (χ0n) is 12.1. The number of halogens is 3. The average molecular weight is 348 g/mol. The predicted molar refractivity (Wildman–Crippen MR) is 89.6 cm³/mol. The number of nitriles is 1. The van der Waals surface area contributed by atoms with Gasteiger partial charge < -0.3 is 5.32 Å². The van der Waals surface area contributed by atoms with Crippen LogP contribution in [0.15, 0.2) is 53.6 Å². The lowest BCUT2D eigenvalue weighted by Crippen LogP contribution is -2.24. The summed E-state index contributed by atoms with van der Waals surface area (Å²) in [7, 11) is 0. The number of hydrazone groups is 1. The van der Waals surface area contributed by atoms with Crippen molar-refractivity contribution >= 4 is 29.2 Å². The molecule has 0 bridgehead atoms. The van der Waals surface area contributed by atoms with Crippen molar-refractivity contribution in [2.45, 2.75) is 6.18 Å². The van der Waals surface area contributed by atoms with E-state index in [1.165, 1.54) is 18.3 Å². The smallest absolute Gasteiger partial charge is 0.331 e. The number of rotatable bonds is 3. The molecule has 0 radical (unpaired) electrons. The van der Waals surface area contributed by atoms with E-state index in [-0.39, 0.29) is 10.8 Å². The second-order valence-corrected chi connectivity index (χ2v) is 5.04. The number of hydrogen-bond acceptors (Lipinski definition) is 3. The zero-order chi connectivity index (χ0) is 17.6. The standard InChI is InChI=1S/C16H11F3N4S/c17-16(18,19)13-2-1-3-14(8-13)22-15(24)23-21-10-12-6-4-11(9-20)5-7-12/h1-8,10H,(H2,22,23,24)/b21-10-. The summed E-state index contributed by atoms with van der Waals surface area (Å²) >= 11 is 4.97. The molecule has 0 spiro atoms. The van der Waals surface area contributed by atoms with Crippen LogP contribution in [0.4, 0.5) is 18.9 Å². The van der Waals surface area contributed by atoms with Crippen LogP contribution in [0.2, 0.25) is 0 Å². The molecule has 0 amide bonds. The van der Waals surface area contributed by atoms with Crippen molar-refractivity contribution < 1.29 is 13.2 Å². The van der Waals surface area contributed by atoms with Gasteiger partial charge in [0.2, 0.25) is 0 Å². The van der Waals surface area contributed by atoms with Crippen LogP contribution in [0, 0.1) is 11.3 Å². The molecule has 0 heterocycles. The number of nitrogens with one attached hydrogen (secondary N) is 2. The fourth-order valence-electron chi connectivity index (χ4n) is 1.74. The van der Waals surface area contributed by atoms with E-state index >= 15 is 0 Å². The molecule has 0 fully saturated rings. The summed E-state index contributed by atoms with van der Waals surface area (Å²) in [6.45, 7) is 0. The molecule has 0 aliphatic heterocycles. The minimum absolute atomic E-state index is 0.0548. The van der Waals surface area contributed by atoms with Crippen LogP contribution in [0.1, 0.15) is 16.7 Å². The molecule has 2 aromatic carbocycles. The molecule has 0 saturated carbocycles. The summed E-state index contributed by atoms with van der Waals surface area (Å²) in [5, 5.41) is 15.3. The second-order valence-electron chi connectivity index (χ2n) is 4.64. The third kappa shape index (κ3) is 5.07. The van der Waals surface area contributed by atoms with Crippen molar-refractivity contribution in [1.82, 2.24) is 5.43 Å². The lowest BCUT2D eigenvalue weighted by atomic mass is 10.2. The number of benzene rings is 2. The first-order valence-electron chi connectivity index (χ1n) is 6.66. The molecule has 24 heavy (non-hydrogen) atoms. The Bertz CT molecular complexity index is 792. The first kappa shape index (κ1) is 17.4. The Hall–Kier alpha value is -2.92. The summed E-state index contributed by atoms with van der Waals surface area (Å²) in [6.07, 6.45) is -2.94. The predicted octanol–water partition coefficient (Wildman–Crippen LogP) is 3.90. The minimum atomic E-state index is -4.42. The summed E-state index contributed by atoms with van der Waals surface area (Å²) in [4.78, 5) is 0. The number of hydrogen-bond donors (Lipinski definition) is 2. The highest BCUT2D eigenvalue weighted by Crippen LogP contribution is 2.30. The molecule has 0 atom stereocenters. The third-order valence-corrected chi connectivity index (χ3v) is 3.06. The first-order chi connectivity index (χ1) is 11.4. The van der Waals surface area contributed by atoms with E-state index in [1.54, 1.807) is 24.3 Å². The highest BCUT2D eigenvalue weighted by molar-refractivity contribution is 7.80. The Morgan fingerprint density at radius 2 is 1.88 bits per heavy atom. The summed E-state index contributed by atoms with van der Waals surface area (Å²) in [5.41, 5.74) is 3.22. The van der Waals surface area contributed by atoms with E-state index in [1.807, 2.05) is 6.07 Å². The van der Waals surface area contributed by atoms with Crippen LogP contribution in [0.5, 0.6) is 0 Å². The van der Waals surface area contributed by atoms with Crippen molar-refractivity contribution in [2.24, 2.45) is 5.10 Å². The van der Waals surface area contributed by atoms with Crippen LogP contribution < -0.4 is 10.7 Å². The Kier molecular flexibility index (Phi) is 5.50. The van der Waals surface area contributed by atoms with Crippen molar-refractivity contribution in [2.75, 3.05) is 5.32 Å². The average Bonchev–Trinajstić information content (AvgIpc) is 2.55. The van der Waals surface area contributed by atoms with Crippen molar-refractivity contribution in [1.29, 1.82) is 5.26 Å². The Morgan fingerprint density at radius 3 is 2.50 bits per heavy atom. The molecule has 2 N–H and O–H groups in total. The van der Waals surface area contributed by atoms with Gasteiger partial charge in [-0.25, -0.2) is 0 Å². The normalized spacial score (nSPS) is 11.1. The molecule has 8 heteroatoms. The fraction of sp³-hybridized carbons (Fsp3) is 0.0625. The third-order valence-electron chi connectivity index (χ3n) is 2.87. The van der Waals surface area contributed by atoms with Gasteiger partial charge in [0, 0.05) is 5.69 Å². The van der Waals surface area contributed by atoms with Gasteiger partial charge in [-0.1, -0.05) is 18.2 Å². The zero-order valence-corrected chi connectivity index (χ0v) is 12.9. The number of nitrogens with zero attached hydrogens (tertiary/aromatic N) is 2. The molecule has 0 aliphatic rings. The Labute approximate surface area is 141 Å². The maximum atomic E-state index is 12.6. The largest absolute Gasteiger partial charge is 0.416 e. The molecule has 4 nitrogen and oxygen atoms in total. The molecule has 0 aliphatic carbocycles. The molecule has 2 aromatic rings. The molecule has 0 saturated heterocycles. The summed E-state index contributed by atoms with van der Waals surface area (Å²) < 4.78 is 37.9. The Balaban J connectivity index is 1.93. The fourth-order valence-corrected chi connectivity index (χ4v) is 1.91. The minimum Gasteiger partial charge on any atom is -0.331 e. The second kappa shape index (κ2) is 7.57. The lowest BCUT2D eigenvalue weighted by molar-refractivity contribution is -0.137. The van der Waals surface area contributed by atoms with Crippen LogP contribution in [0.3, 0.4) is 0 Å². The van der Waals surface area contributed by atoms with Gasteiger partial charge in [0.25, 0.3) is 0 Å². The number of alkyl halides is 3. The van der Waals surface area contributed by atoms with Gasteiger partial charge in [0.05, 0.1) is 23.4 Å². The highest BCUT2D eigenvalue weighted by atomic mass is 32.1. The topological polar surface area (TPSA) is 60.2 Å². The Morgan fingerprint density at radius 1 is 1.17 bits per heavy atom. The summed E-state index contributed by atoms with van der Waals surface area (Å²) in [6, 6.07) is 13.4. The van der Waals surface area contributed by atoms with Gasteiger partial charge in [-0.05, 0) is 48.1 Å². The lowest BCUT2D eigenvalue weighted by Gasteiger charge is -2.10. The van der Waals surface area contributed by atoms with Crippen molar-refractivity contribution in [3.8, 4) is 6.07 Å². The molecule has 0 aromatic heterocycles. The van der Waals surface area contributed by atoms with Gasteiger partial charge >= 0.3 is 6.18 Å². The molecular weight excluding hydrogens is 337 g/mol. The van der Waals surface area contributed by atoms with Crippen molar-refractivity contribution in [3.05, 3.63) is 65.2 Å². The van der Waals surface area contributed by atoms with Crippen LogP contribution in [-0.4, -0.2) is 11.3 Å². The van der Waals surface area contributed by atoms with E-state index in [0.29, 0.717) is 5.56 Å². The van der Waals surface area contributed by atoms with Crippen LogP contribution in [-0.2, 0) is 6.18 Å². The van der Waals surface area contributed by atoms with Gasteiger partial charge in [0.15, 0.2) is 5.11 Å². The van der Waals surface area contributed by atoms with E-state index in [0.717, 1.165) is 17.7 Å². The molecule has 122 valence electrons. The van der Waals surface area contributed by atoms with E-state index < -0.39 is 11.7 Å². The quantitative estimate of drug-likeness (QED) is 0.502. The maximum absolute atomic E-state index is 12.6. The molecule has 2 rings (SSSR count). The van der Waals surface area contributed by atoms with E-state index in [2.05, 4.69) is 15.8 Å². The summed E-state index contributed by atoms with van der Waals surface area (Å²) in [5.74, 6) is 0.